The van der Waals surface area contributed by atoms with Gasteiger partial charge in [-0.2, -0.15) is 15.0 Å². The summed E-state index contributed by atoms with van der Waals surface area (Å²) in [7, 11) is 0. The third-order valence-electron chi connectivity index (χ3n) is 2.85. The van der Waals surface area contributed by atoms with Crippen molar-refractivity contribution in [2.75, 3.05) is 13.1 Å². The molecule has 88 valence electrons. The zero-order valence-electron chi connectivity index (χ0n) is 9.28. The van der Waals surface area contributed by atoms with Crippen molar-refractivity contribution in [3.63, 3.8) is 0 Å². The monoisotopic (exact) mass is 249 g/mol. The van der Waals surface area contributed by atoms with Crippen LogP contribution < -0.4 is 0 Å². The maximum absolute atomic E-state index is 12.1. The van der Waals surface area contributed by atoms with E-state index in [-0.39, 0.29) is 11.9 Å². The first-order valence-corrected chi connectivity index (χ1v) is 6.19. The smallest absolute Gasteiger partial charge is 0.265 e. The lowest BCUT2D eigenvalue weighted by Gasteiger charge is -2.38. The van der Waals surface area contributed by atoms with Gasteiger partial charge in [-0.15, -0.1) is 11.3 Å². The van der Waals surface area contributed by atoms with Crippen LogP contribution in [0.2, 0.25) is 0 Å². The van der Waals surface area contributed by atoms with Gasteiger partial charge in [0, 0.05) is 13.1 Å². The molecule has 1 saturated heterocycles. The first-order valence-electron chi connectivity index (χ1n) is 5.31. The molecule has 1 aliphatic heterocycles. The normalized spacial score (nSPS) is 15.9. The average molecular weight is 249 g/mol. The number of likely N-dealkylation sites (tertiary alicyclic amines) is 1. The molecule has 2 aromatic heterocycles. The van der Waals surface area contributed by atoms with Crippen molar-refractivity contribution in [2.45, 2.75) is 13.0 Å². The third kappa shape index (κ3) is 1.72. The van der Waals surface area contributed by atoms with Gasteiger partial charge in [0.2, 0.25) is 0 Å². The van der Waals surface area contributed by atoms with E-state index in [4.69, 9.17) is 0 Å². The number of aryl methyl sites for hydroxylation is 1. The van der Waals surface area contributed by atoms with Gasteiger partial charge < -0.3 is 4.90 Å². The molecular weight excluding hydrogens is 238 g/mol. The first-order chi connectivity index (χ1) is 8.25. The Morgan fingerprint density at radius 1 is 1.41 bits per heavy atom. The number of amides is 1. The molecule has 7 heteroatoms. The molecule has 0 unspecified atom stereocenters. The van der Waals surface area contributed by atoms with Crippen LogP contribution in [0, 0.1) is 6.92 Å². The van der Waals surface area contributed by atoms with Crippen LogP contribution in [0.25, 0.3) is 0 Å². The molecule has 1 aliphatic rings. The van der Waals surface area contributed by atoms with Crippen LogP contribution in [-0.4, -0.2) is 43.9 Å². The zero-order valence-corrected chi connectivity index (χ0v) is 10.1. The molecule has 0 saturated carbocycles. The van der Waals surface area contributed by atoms with Crippen molar-refractivity contribution in [1.82, 2.24) is 24.9 Å². The minimum absolute atomic E-state index is 0.0633. The summed E-state index contributed by atoms with van der Waals surface area (Å²) in [5.74, 6) is 0.0633. The Morgan fingerprint density at radius 2 is 2.12 bits per heavy atom. The fourth-order valence-electron chi connectivity index (χ4n) is 1.83. The number of hydrogen-bond acceptors (Lipinski definition) is 5. The van der Waals surface area contributed by atoms with E-state index in [1.54, 1.807) is 27.6 Å². The molecule has 0 N–H and O–H groups in total. The number of carbonyl (C=O) groups excluding carboxylic acids is 1. The highest BCUT2D eigenvalue weighted by Crippen LogP contribution is 2.24. The van der Waals surface area contributed by atoms with Crippen molar-refractivity contribution < 1.29 is 4.79 Å². The lowest BCUT2D eigenvalue weighted by Crippen LogP contribution is -2.51. The van der Waals surface area contributed by atoms with Crippen LogP contribution in [0.5, 0.6) is 0 Å². The van der Waals surface area contributed by atoms with Crippen molar-refractivity contribution >= 4 is 17.2 Å². The van der Waals surface area contributed by atoms with E-state index in [0.29, 0.717) is 13.1 Å². The van der Waals surface area contributed by atoms with Crippen molar-refractivity contribution in [1.29, 1.82) is 0 Å². The lowest BCUT2D eigenvalue weighted by atomic mass is 10.1. The molecule has 3 rings (SSSR count). The van der Waals surface area contributed by atoms with Gasteiger partial charge in [-0.25, -0.2) is 4.98 Å². The van der Waals surface area contributed by atoms with E-state index in [1.165, 1.54) is 11.3 Å². The highest BCUT2D eigenvalue weighted by Gasteiger charge is 2.34. The molecule has 6 nitrogen and oxygen atoms in total. The summed E-state index contributed by atoms with van der Waals surface area (Å²) in [6, 6.07) is 0.210. The summed E-state index contributed by atoms with van der Waals surface area (Å²) in [5.41, 5.74) is 2.51. The van der Waals surface area contributed by atoms with E-state index in [2.05, 4.69) is 15.2 Å². The number of carbonyl (C=O) groups is 1. The van der Waals surface area contributed by atoms with Gasteiger partial charge >= 0.3 is 0 Å². The van der Waals surface area contributed by atoms with Gasteiger partial charge in [-0.05, 0) is 6.92 Å². The second kappa shape index (κ2) is 3.92. The first kappa shape index (κ1) is 10.4. The Bertz CT molecular complexity index is 529. The van der Waals surface area contributed by atoms with Gasteiger partial charge in [-0.3, -0.25) is 4.79 Å². The number of rotatable bonds is 2. The summed E-state index contributed by atoms with van der Waals surface area (Å²) in [6.45, 7) is 3.20. The second-order valence-corrected chi connectivity index (χ2v) is 4.84. The molecule has 0 aliphatic carbocycles. The van der Waals surface area contributed by atoms with Gasteiger partial charge in [0.15, 0.2) is 0 Å². The number of nitrogens with zero attached hydrogens (tertiary/aromatic N) is 5. The molecule has 17 heavy (non-hydrogen) atoms. The third-order valence-corrected chi connectivity index (χ3v) is 3.77. The Balaban J connectivity index is 1.66. The van der Waals surface area contributed by atoms with Gasteiger partial charge in [-0.1, -0.05) is 0 Å². The quantitative estimate of drug-likeness (QED) is 0.787. The van der Waals surface area contributed by atoms with Crippen LogP contribution in [0.15, 0.2) is 17.9 Å². The molecule has 0 atom stereocenters. The van der Waals surface area contributed by atoms with Crippen LogP contribution in [0.3, 0.4) is 0 Å². The fourth-order valence-corrected chi connectivity index (χ4v) is 2.60. The predicted octanol–water partition coefficient (Wildman–Crippen LogP) is 0.740. The van der Waals surface area contributed by atoms with E-state index in [9.17, 15) is 4.79 Å². The Kier molecular flexibility index (Phi) is 2.40. The number of aromatic nitrogens is 4. The SMILES string of the molecule is Cc1ncsc1C(=O)N1CC(n2nccn2)C1. The average Bonchev–Trinajstić information content (AvgIpc) is 2.86. The number of hydrogen-bond donors (Lipinski definition) is 0. The minimum Gasteiger partial charge on any atom is -0.333 e. The molecular formula is C10H11N5OS. The van der Waals surface area contributed by atoms with Crippen molar-refractivity contribution in [2.24, 2.45) is 0 Å². The Hall–Kier alpha value is -1.76. The Morgan fingerprint density at radius 3 is 2.71 bits per heavy atom. The van der Waals surface area contributed by atoms with E-state index in [1.807, 2.05) is 6.92 Å². The molecule has 0 aromatic carbocycles. The molecule has 1 fully saturated rings. The second-order valence-electron chi connectivity index (χ2n) is 3.98. The summed E-state index contributed by atoms with van der Waals surface area (Å²) in [4.78, 5) is 20.3. The van der Waals surface area contributed by atoms with Crippen LogP contribution in [0.4, 0.5) is 0 Å². The summed E-state index contributed by atoms with van der Waals surface area (Å²) < 4.78 is 0. The summed E-state index contributed by atoms with van der Waals surface area (Å²) in [5, 5.41) is 8.14. The Labute approximate surface area is 102 Å². The summed E-state index contributed by atoms with van der Waals surface area (Å²) in [6.07, 6.45) is 3.30. The largest absolute Gasteiger partial charge is 0.333 e. The van der Waals surface area contributed by atoms with E-state index >= 15 is 0 Å². The van der Waals surface area contributed by atoms with Crippen molar-refractivity contribution in [3.05, 3.63) is 28.5 Å². The molecule has 0 bridgehead atoms. The van der Waals surface area contributed by atoms with Crippen LogP contribution in [0.1, 0.15) is 21.4 Å². The highest BCUT2D eigenvalue weighted by molar-refractivity contribution is 7.11. The van der Waals surface area contributed by atoms with Gasteiger partial charge in [0.25, 0.3) is 5.91 Å². The van der Waals surface area contributed by atoms with Crippen LogP contribution >= 0.6 is 11.3 Å². The molecule has 0 radical (unpaired) electrons. The molecule has 1 amide bonds. The van der Waals surface area contributed by atoms with E-state index < -0.39 is 0 Å². The lowest BCUT2D eigenvalue weighted by molar-refractivity contribution is 0.0480. The molecule has 0 spiro atoms. The van der Waals surface area contributed by atoms with Crippen LogP contribution in [-0.2, 0) is 0 Å². The maximum atomic E-state index is 12.1. The zero-order chi connectivity index (χ0) is 11.8. The van der Waals surface area contributed by atoms with E-state index in [0.717, 1.165) is 10.6 Å². The highest BCUT2D eigenvalue weighted by atomic mass is 32.1. The summed E-state index contributed by atoms with van der Waals surface area (Å²) >= 11 is 1.39. The standard InChI is InChI=1S/C10H11N5OS/c1-7-9(17-6-11-7)10(16)14-4-8(5-14)15-12-2-3-13-15/h2-3,6,8H,4-5H2,1H3. The topological polar surface area (TPSA) is 63.9 Å². The maximum Gasteiger partial charge on any atom is 0.265 e. The van der Waals surface area contributed by atoms with Gasteiger partial charge in [0.1, 0.15) is 10.9 Å². The fraction of sp³-hybridized carbons (Fsp3) is 0.400. The number of thiazole rings is 1. The molecule has 3 heterocycles. The van der Waals surface area contributed by atoms with Crippen molar-refractivity contribution in [3.8, 4) is 0 Å². The minimum atomic E-state index is 0.0633. The van der Waals surface area contributed by atoms with Gasteiger partial charge in [0.05, 0.1) is 23.6 Å². The predicted molar refractivity (Wildman–Crippen MR) is 61.8 cm³/mol. The molecule has 2 aromatic rings.